The van der Waals surface area contributed by atoms with Crippen molar-refractivity contribution in [1.82, 2.24) is 9.80 Å². The number of unbranched alkanes of at least 4 members (excludes halogenated alkanes) is 16. The molecule has 7 heteroatoms. The summed E-state index contributed by atoms with van der Waals surface area (Å²) < 4.78 is 11.0. The van der Waals surface area contributed by atoms with Gasteiger partial charge in [0, 0.05) is 19.4 Å². The third kappa shape index (κ3) is 31.7. The Morgan fingerprint density at radius 2 is 0.981 bits per heavy atom. The van der Waals surface area contributed by atoms with Gasteiger partial charge in [0.05, 0.1) is 19.6 Å². The maximum Gasteiger partial charge on any atom is 0.305 e. The van der Waals surface area contributed by atoms with Gasteiger partial charge in [0.1, 0.15) is 13.2 Å². The minimum atomic E-state index is -0.203. The van der Waals surface area contributed by atoms with Crippen LogP contribution in [0.3, 0.4) is 0 Å². The van der Waals surface area contributed by atoms with Gasteiger partial charge in [-0.25, -0.2) is 0 Å². The molecule has 0 aromatic carbocycles. The molecular weight excluding hydrogens is 673 g/mol. The van der Waals surface area contributed by atoms with Crippen molar-refractivity contribution in [1.29, 1.82) is 0 Å². The number of likely N-dealkylation sites (tertiary alicyclic amines) is 1. The smallest absolute Gasteiger partial charge is 0.305 e. The highest BCUT2D eigenvalue weighted by atomic mass is 16.5. The third-order valence-corrected chi connectivity index (χ3v) is 10.1. The molecule has 1 rings (SSSR count). The molecule has 1 atom stereocenters. The minimum absolute atomic E-state index is 0.00126. The van der Waals surface area contributed by atoms with Gasteiger partial charge < -0.3 is 14.4 Å². The van der Waals surface area contributed by atoms with E-state index in [-0.39, 0.29) is 31.1 Å². The Morgan fingerprint density at radius 3 is 1.39 bits per heavy atom. The highest BCUT2D eigenvalue weighted by Crippen LogP contribution is 2.15. The quantitative estimate of drug-likeness (QED) is 0.0360. The van der Waals surface area contributed by atoms with Crippen LogP contribution in [0.4, 0.5) is 0 Å². The Morgan fingerprint density at radius 1 is 0.574 bits per heavy atom. The van der Waals surface area contributed by atoms with Gasteiger partial charge in [-0.15, -0.1) is 0 Å². The molecule has 54 heavy (non-hydrogen) atoms. The van der Waals surface area contributed by atoms with Gasteiger partial charge in [-0.3, -0.25) is 19.3 Å². The van der Waals surface area contributed by atoms with E-state index in [9.17, 15) is 14.4 Å². The molecule has 0 aromatic rings. The van der Waals surface area contributed by atoms with Crippen LogP contribution in [0.5, 0.6) is 0 Å². The van der Waals surface area contributed by atoms with E-state index in [0.29, 0.717) is 38.4 Å². The first-order chi connectivity index (χ1) is 26.5. The van der Waals surface area contributed by atoms with Crippen LogP contribution >= 0.6 is 0 Å². The number of esters is 2. The van der Waals surface area contributed by atoms with E-state index in [0.717, 1.165) is 83.7 Å². The second kappa shape index (κ2) is 37.3. The predicted molar refractivity (Wildman–Crippen MR) is 227 cm³/mol. The molecule has 1 aliphatic heterocycles. The highest BCUT2D eigenvalue weighted by Gasteiger charge is 2.23. The molecule has 0 unspecified atom stereocenters. The number of carbonyl (C=O) groups is 3. The molecule has 7 nitrogen and oxygen atoms in total. The largest absolute Gasteiger partial charge is 0.464 e. The Labute approximate surface area is 332 Å². The van der Waals surface area contributed by atoms with Gasteiger partial charge in [-0.1, -0.05) is 134 Å². The Bertz CT molecular complexity index is 971. The number of hydrogen-bond acceptors (Lipinski definition) is 6. The summed E-state index contributed by atoms with van der Waals surface area (Å²) in [4.78, 5) is 41.9. The summed E-state index contributed by atoms with van der Waals surface area (Å²) in [6.45, 7) is 9.86. The van der Waals surface area contributed by atoms with Crippen molar-refractivity contribution in [2.75, 3.05) is 45.9 Å². The number of hydrogen-bond donors (Lipinski definition) is 0. The number of ether oxygens (including phenoxy) is 2. The van der Waals surface area contributed by atoms with E-state index in [2.05, 4.69) is 74.3 Å². The van der Waals surface area contributed by atoms with E-state index in [1.165, 1.54) is 77.0 Å². The van der Waals surface area contributed by atoms with E-state index in [1.54, 1.807) is 4.90 Å². The van der Waals surface area contributed by atoms with Crippen molar-refractivity contribution >= 4 is 17.8 Å². The third-order valence-electron chi connectivity index (χ3n) is 10.1. The Hall–Kier alpha value is -2.67. The molecule has 1 saturated heterocycles. The summed E-state index contributed by atoms with van der Waals surface area (Å²) in [5.41, 5.74) is 0. The van der Waals surface area contributed by atoms with Crippen molar-refractivity contribution in [3.63, 3.8) is 0 Å². The van der Waals surface area contributed by atoms with Gasteiger partial charge in [-0.05, 0) is 95.9 Å². The van der Waals surface area contributed by atoms with Crippen molar-refractivity contribution in [2.24, 2.45) is 5.92 Å². The lowest BCUT2D eigenvalue weighted by molar-refractivity contribution is -0.148. The number of carbonyl (C=O) groups excluding carboxylic acids is 3. The van der Waals surface area contributed by atoms with Crippen LogP contribution < -0.4 is 0 Å². The second-order valence-electron chi connectivity index (χ2n) is 15.4. The van der Waals surface area contributed by atoms with Crippen molar-refractivity contribution < 1.29 is 23.9 Å². The first-order valence-corrected chi connectivity index (χ1v) is 22.4. The number of amides is 1. The summed E-state index contributed by atoms with van der Waals surface area (Å²) in [7, 11) is 0. The number of rotatable bonds is 36. The normalized spacial score (nSPS) is 15.1. The highest BCUT2D eigenvalue weighted by molar-refractivity contribution is 5.78. The lowest BCUT2D eigenvalue weighted by atomic mass is 10.1. The molecule has 1 amide bonds. The summed E-state index contributed by atoms with van der Waals surface area (Å²) in [6.07, 6.45) is 45.4. The zero-order valence-corrected chi connectivity index (χ0v) is 35.3. The lowest BCUT2D eigenvalue weighted by Crippen LogP contribution is -2.43. The average Bonchev–Trinajstić information content (AvgIpc) is 3.57. The Kier molecular flexibility index (Phi) is 34.1. The summed E-state index contributed by atoms with van der Waals surface area (Å²) >= 11 is 0. The number of allylic oxidation sites excluding steroid dienone is 8. The molecule has 0 aliphatic carbocycles. The van der Waals surface area contributed by atoms with E-state index < -0.39 is 0 Å². The van der Waals surface area contributed by atoms with E-state index >= 15 is 0 Å². The SMILES string of the molecule is CCCCC/C=C\C/C=C\CCCCCCCC(=O)OCCN(CCOC(=O)CCCCCCC/C=C\C/C=C\CCCCC)C(=O)CN1CC[C@@H](C)C1. The topological polar surface area (TPSA) is 76.1 Å². The fraction of sp³-hybridized carbons (Fsp3) is 0.766. The molecule has 0 saturated carbocycles. The van der Waals surface area contributed by atoms with Crippen LogP contribution in [0.2, 0.25) is 0 Å². The molecule has 1 heterocycles. The molecular formula is C47H82N2O5. The zero-order chi connectivity index (χ0) is 39.2. The van der Waals surface area contributed by atoms with Gasteiger partial charge in [-0.2, -0.15) is 0 Å². The predicted octanol–water partition coefficient (Wildman–Crippen LogP) is 11.9. The monoisotopic (exact) mass is 755 g/mol. The summed E-state index contributed by atoms with van der Waals surface area (Å²) in [6, 6.07) is 0. The average molecular weight is 755 g/mol. The van der Waals surface area contributed by atoms with Crippen LogP contribution in [-0.4, -0.2) is 73.6 Å². The first-order valence-electron chi connectivity index (χ1n) is 22.4. The summed E-state index contributed by atoms with van der Waals surface area (Å²) in [5, 5.41) is 0. The Balaban J connectivity index is 2.19. The fourth-order valence-corrected chi connectivity index (χ4v) is 6.67. The zero-order valence-electron chi connectivity index (χ0n) is 35.3. The van der Waals surface area contributed by atoms with Crippen LogP contribution in [0.25, 0.3) is 0 Å². The maximum absolute atomic E-state index is 13.2. The molecule has 0 aromatic heterocycles. The lowest BCUT2D eigenvalue weighted by Gasteiger charge is -2.25. The van der Waals surface area contributed by atoms with Crippen LogP contribution in [-0.2, 0) is 23.9 Å². The van der Waals surface area contributed by atoms with Gasteiger partial charge in [0.25, 0.3) is 0 Å². The van der Waals surface area contributed by atoms with Gasteiger partial charge in [0.15, 0.2) is 0 Å². The van der Waals surface area contributed by atoms with E-state index in [4.69, 9.17) is 9.47 Å². The summed E-state index contributed by atoms with van der Waals surface area (Å²) in [5.74, 6) is 0.186. The van der Waals surface area contributed by atoms with Crippen LogP contribution in [0.1, 0.15) is 181 Å². The van der Waals surface area contributed by atoms with Gasteiger partial charge in [0.2, 0.25) is 5.91 Å². The number of nitrogens with zero attached hydrogens (tertiary/aromatic N) is 2. The first kappa shape index (κ1) is 49.3. The molecule has 0 bridgehead atoms. The van der Waals surface area contributed by atoms with Crippen LogP contribution in [0, 0.1) is 5.92 Å². The fourth-order valence-electron chi connectivity index (χ4n) is 6.67. The second-order valence-corrected chi connectivity index (χ2v) is 15.4. The molecule has 0 radical (unpaired) electrons. The standard InChI is InChI=1S/C47H82N2O5/c1-4-6-8-10-12-14-16-18-20-22-24-26-28-30-32-34-46(51)53-40-38-49(45(50)43-48-37-36-44(3)42-48)39-41-54-47(52)35-33-31-29-27-25-23-21-19-17-15-13-11-9-7-5-2/h12-15,18-21,44H,4-11,16-17,22-43H2,1-3H3/b14-12-,15-13-,20-18-,21-19-/t44-/m1/s1. The maximum atomic E-state index is 13.2. The van der Waals surface area contributed by atoms with Crippen molar-refractivity contribution in [3.8, 4) is 0 Å². The molecule has 1 aliphatic rings. The molecule has 1 fully saturated rings. The van der Waals surface area contributed by atoms with Gasteiger partial charge >= 0.3 is 11.9 Å². The minimum Gasteiger partial charge on any atom is -0.464 e. The van der Waals surface area contributed by atoms with Crippen LogP contribution in [0.15, 0.2) is 48.6 Å². The van der Waals surface area contributed by atoms with E-state index in [1.807, 2.05) is 0 Å². The molecule has 0 N–H and O–H groups in total. The van der Waals surface area contributed by atoms with Crippen molar-refractivity contribution in [3.05, 3.63) is 48.6 Å². The molecule has 310 valence electrons. The molecule has 0 spiro atoms. The van der Waals surface area contributed by atoms with Crippen molar-refractivity contribution in [2.45, 2.75) is 181 Å².